The molecular formula is C9H12N4. The van der Waals surface area contributed by atoms with Crippen LogP contribution < -0.4 is 5.73 Å². The van der Waals surface area contributed by atoms with E-state index in [0.717, 1.165) is 23.4 Å². The van der Waals surface area contributed by atoms with Gasteiger partial charge in [-0.05, 0) is 13.0 Å². The Bertz CT molecular complexity index is 418. The van der Waals surface area contributed by atoms with E-state index in [9.17, 15) is 0 Å². The summed E-state index contributed by atoms with van der Waals surface area (Å²) in [4.78, 5) is 8.47. The fraction of sp³-hybridized carbons (Fsp3) is 0.333. The fourth-order valence-electron chi connectivity index (χ4n) is 1.50. The van der Waals surface area contributed by atoms with Gasteiger partial charge in [0, 0.05) is 19.3 Å². The molecule has 0 spiro atoms. The summed E-state index contributed by atoms with van der Waals surface area (Å²) < 4.78 is 2.09. The van der Waals surface area contributed by atoms with E-state index >= 15 is 0 Å². The summed E-state index contributed by atoms with van der Waals surface area (Å²) in [5.41, 5.74) is 7.56. The van der Waals surface area contributed by atoms with Gasteiger partial charge in [0.05, 0.1) is 17.2 Å². The van der Waals surface area contributed by atoms with Crippen LogP contribution in [0.2, 0.25) is 0 Å². The van der Waals surface area contributed by atoms with E-state index in [2.05, 4.69) is 14.5 Å². The molecule has 0 fully saturated rings. The quantitative estimate of drug-likeness (QED) is 0.732. The van der Waals surface area contributed by atoms with Crippen LogP contribution in [0.25, 0.3) is 11.0 Å². The zero-order chi connectivity index (χ0) is 9.26. The standard InChI is InChI=1S/C9H12N4/c1-7-12-8-2-4-11-6-9(8)13(7)5-3-10/h2,4,6H,3,5,10H2,1H3. The first-order chi connectivity index (χ1) is 6.33. The predicted octanol–water partition coefficient (Wildman–Crippen LogP) is 0.698. The lowest BCUT2D eigenvalue weighted by molar-refractivity contribution is 0.703. The number of rotatable bonds is 2. The third-order valence-electron chi connectivity index (χ3n) is 2.09. The average Bonchev–Trinajstić information content (AvgIpc) is 2.44. The Kier molecular flexibility index (Phi) is 1.98. The average molecular weight is 176 g/mol. The maximum atomic E-state index is 5.51. The maximum absolute atomic E-state index is 5.51. The van der Waals surface area contributed by atoms with Crippen molar-refractivity contribution < 1.29 is 0 Å². The van der Waals surface area contributed by atoms with Gasteiger partial charge < -0.3 is 10.3 Å². The lowest BCUT2D eigenvalue weighted by Gasteiger charge is -2.02. The Labute approximate surface area is 76.4 Å². The molecule has 0 unspecified atom stereocenters. The highest BCUT2D eigenvalue weighted by Crippen LogP contribution is 2.13. The van der Waals surface area contributed by atoms with Crippen LogP contribution >= 0.6 is 0 Å². The Morgan fingerprint density at radius 3 is 3.15 bits per heavy atom. The highest BCUT2D eigenvalue weighted by Gasteiger charge is 2.04. The van der Waals surface area contributed by atoms with Crippen molar-refractivity contribution in [2.24, 2.45) is 5.73 Å². The Hall–Kier alpha value is -1.42. The molecular weight excluding hydrogens is 164 g/mol. The summed E-state index contributed by atoms with van der Waals surface area (Å²) in [6.07, 6.45) is 3.58. The number of hydrogen-bond acceptors (Lipinski definition) is 3. The number of nitrogens with two attached hydrogens (primary N) is 1. The van der Waals surface area contributed by atoms with Gasteiger partial charge in [-0.15, -0.1) is 0 Å². The maximum Gasteiger partial charge on any atom is 0.106 e. The van der Waals surface area contributed by atoms with Crippen LogP contribution in [0.15, 0.2) is 18.5 Å². The Morgan fingerprint density at radius 1 is 1.54 bits per heavy atom. The van der Waals surface area contributed by atoms with Crippen LogP contribution in [0, 0.1) is 6.92 Å². The van der Waals surface area contributed by atoms with Crippen LogP contribution in [0.3, 0.4) is 0 Å². The van der Waals surface area contributed by atoms with E-state index in [1.165, 1.54) is 0 Å². The summed E-state index contributed by atoms with van der Waals surface area (Å²) in [5, 5.41) is 0. The monoisotopic (exact) mass is 176 g/mol. The topological polar surface area (TPSA) is 56.7 Å². The van der Waals surface area contributed by atoms with Gasteiger partial charge in [0.25, 0.3) is 0 Å². The summed E-state index contributed by atoms with van der Waals surface area (Å²) in [7, 11) is 0. The lowest BCUT2D eigenvalue weighted by atomic mass is 10.4. The van der Waals surface area contributed by atoms with Crippen molar-refractivity contribution in [1.82, 2.24) is 14.5 Å². The number of aryl methyl sites for hydroxylation is 1. The van der Waals surface area contributed by atoms with Crippen molar-refractivity contribution in [3.05, 3.63) is 24.3 Å². The number of fused-ring (bicyclic) bond motifs is 1. The first-order valence-corrected chi connectivity index (χ1v) is 4.30. The van der Waals surface area contributed by atoms with E-state index in [4.69, 9.17) is 5.73 Å². The molecule has 68 valence electrons. The summed E-state index contributed by atoms with van der Waals surface area (Å²) >= 11 is 0. The van der Waals surface area contributed by atoms with Gasteiger partial charge in [0.1, 0.15) is 5.82 Å². The molecule has 0 radical (unpaired) electrons. The molecule has 2 heterocycles. The first kappa shape index (κ1) is 8.19. The molecule has 13 heavy (non-hydrogen) atoms. The van der Waals surface area contributed by atoms with Crippen LogP contribution in [-0.4, -0.2) is 21.1 Å². The number of hydrogen-bond donors (Lipinski definition) is 1. The predicted molar refractivity (Wildman–Crippen MR) is 51.3 cm³/mol. The Balaban J connectivity index is 2.64. The van der Waals surface area contributed by atoms with Gasteiger partial charge in [-0.1, -0.05) is 0 Å². The van der Waals surface area contributed by atoms with Crippen molar-refractivity contribution in [2.45, 2.75) is 13.5 Å². The van der Waals surface area contributed by atoms with Crippen LogP contribution in [0.1, 0.15) is 5.82 Å². The molecule has 0 aliphatic heterocycles. The Morgan fingerprint density at radius 2 is 2.38 bits per heavy atom. The van der Waals surface area contributed by atoms with E-state index < -0.39 is 0 Å². The number of nitrogens with zero attached hydrogens (tertiary/aromatic N) is 3. The molecule has 0 amide bonds. The molecule has 2 aromatic heterocycles. The second-order valence-corrected chi connectivity index (χ2v) is 2.96. The van der Waals surface area contributed by atoms with Gasteiger partial charge in [0.15, 0.2) is 0 Å². The minimum atomic E-state index is 0.626. The molecule has 0 atom stereocenters. The normalized spacial score (nSPS) is 10.9. The lowest BCUT2D eigenvalue weighted by Crippen LogP contribution is -2.10. The van der Waals surface area contributed by atoms with Crippen LogP contribution in [-0.2, 0) is 6.54 Å². The van der Waals surface area contributed by atoms with Gasteiger partial charge >= 0.3 is 0 Å². The van der Waals surface area contributed by atoms with Gasteiger partial charge in [-0.25, -0.2) is 4.98 Å². The van der Waals surface area contributed by atoms with E-state index in [1.54, 1.807) is 6.20 Å². The smallest absolute Gasteiger partial charge is 0.106 e. The van der Waals surface area contributed by atoms with Crippen molar-refractivity contribution in [3.8, 4) is 0 Å². The highest BCUT2D eigenvalue weighted by atomic mass is 15.1. The summed E-state index contributed by atoms with van der Waals surface area (Å²) in [6, 6.07) is 1.91. The SMILES string of the molecule is Cc1nc2ccncc2n1CCN. The highest BCUT2D eigenvalue weighted by molar-refractivity contribution is 5.74. The van der Waals surface area contributed by atoms with E-state index in [0.29, 0.717) is 6.54 Å². The second kappa shape index (κ2) is 3.14. The van der Waals surface area contributed by atoms with Crippen molar-refractivity contribution >= 4 is 11.0 Å². The van der Waals surface area contributed by atoms with E-state index in [-0.39, 0.29) is 0 Å². The molecule has 0 bridgehead atoms. The molecule has 0 aliphatic rings. The first-order valence-electron chi connectivity index (χ1n) is 4.30. The van der Waals surface area contributed by atoms with Gasteiger partial charge in [0.2, 0.25) is 0 Å². The van der Waals surface area contributed by atoms with E-state index in [1.807, 2.05) is 19.2 Å². The van der Waals surface area contributed by atoms with Crippen molar-refractivity contribution in [2.75, 3.05) is 6.54 Å². The number of imidazole rings is 1. The molecule has 0 aromatic carbocycles. The third kappa shape index (κ3) is 1.29. The van der Waals surface area contributed by atoms with Crippen molar-refractivity contribution in [3.63, 3.8) is 0 Å². The summed E-state index contributed by atoms with van der Waals surface area (Å²) in [6.45, 7) is 3.41. The molecule has 4 nitrogen and oxygen atoms in total. The van der Waals surface area contributed by atoms with Crippen LogP contribution in [0.5, 0.6) is 0 Å². The number of aromatic nitrogens is 3. The number of pyridine rings is 1. The molecule has 0 saturated heterocycles. The minimum absolute atomic E-state index is 0.626. The van der Waals surface area contributed by atoms with Crippen LogP contribution in [0.4, 0.5) is 0 Å². The fourth-order valence-corrected chi connectivity index (χ4v) is 1.50. The molecule has 2 rings (SSSR count). The van der Waals surface area contributed by atoms with Gasteiger partial charge in [-0.3, -0.25) is 4.98 Å². The molecule has 2 aromatic rings. The van der Waals surface area contributed by atoms with Gasteiger partial charge in [-0.2, -0.15) is 0 Å². The van der Waals surface area contributed by atoms with Crippen molar-refractivity contribution in [1.29, 1.82) is 0 Å². The zero-order valence-corrected chi connectivity index (χ0v) is 7.57. The largest absolute Gasteiger partial charge is 0.329 e. The zero-order valence-electron chi connectivity index (χ0n) is 7.57. The molecule has 0 aliphatic carbocycles. The third-order valence-corrected chi connectivity index (χ3v) is 2.09. The molecule has 0 saturated carbocycles. The second-order valence-electron chi connectivity index (χ2n) is 2.96. The minimum Gasteiger partial charge on any atom is -0.329 e. The summed E-state index contributed by atoms with van der Waals surface area (Å²) in [5.74, 6) is 0.994. The molecule has 4 heteroatoms. The molecule has 2 N–H and O–H groups in total.